The molecule has 0 saturated carbocycles. The maximum absolute atomic E-state index is 8.81. The average Bonchev–Trinajstić information content (AvgIpc) is 0.811. The predicted molar refractivity (Wildman–Crippen MR) is 26.9 cm³/mol. The average molecular weight is 207 g/mol. The van der Waals surface area contributed by atoms with Crippen LogP contribution in [0.1, 0.15) is 0 Å². The van der Waals surface area contributed by atoms with Crippen molar-refractivity contribution in [2.24, 2.45) is 0 Å². The van der Waals surface area contributed by atoms with Crippen LogP contribution in [0.4, 0.5) is 0 Å². The Kier molecular flexibility index (Phi) is 53.5. The summed E-state index contributed by atoms with van der Waals surface area (Å²) in [6.45, 7) is 0. The molecule has 0 bridgehead atoms. The van der Waals surface area contributed by atoms with Gasteiger partial charge in [0.05, 0.1) is 0 Å². The molecule has 0 aliphatic heterocycles. The van der Waals surface area contributed by atoms with Crippen molar-refractivity contribution >= 4 is 37.2 Å². The fourth-order valence-corrected chi connectivity index (χ4v) is 0. The molecule has 0 aromatic carbocycles. The summed E-state index contributed by atoms with van der Waals surface area (Å²) < 4.78 is 23.2. The van der Waals surface area contributed by atoms with E-state index in [0.29, 0.717) is 0 Å². The van der Waals surface area contributed by atoms with Crippen molar-refractivity contribution in [3.8, 4) is 0 Å². The first-order valence-electron chi connectivity index (χ1n) is 0.651. The van der Waals surface area contributed by atoms with Gasteiger partial charge in [-0.3, -0.25) is 0 Å². The van der Waals surface area contributed by atoms with Crippen molar-refractivity contribution < 1.29 is 29.3 Å². The molecule has 0 heterocycles. The molecule has 0 unspecified atom stereocenters. The van der Waals surface area contributed by atoms with Crippen LogP contribution in [-0.4, -0.2) is 7.38 Å². The fraction of sp³-hybridized carbons (Fsp3) is 0. The Hall–Kier alpha value is 1.30. The van der Waals surface area contributed by atoms with Gasteiger partial charge in [-0.15, -0.1) is 37.2 Å². The van der Waals surface area contributed by atoms with E-state index in [1.54, 1.807) is 0 Å². The summed E-state index contributed by atoms with van der Waals surface area (Å²) in [6, 6.07) is 0. The Morgan fingerprint density at radius 3 is 1.00 bits per heavy atom. The number of rotatable bonds is 0. The molecule has 0 spiro atoms. The van der Waals surface area contributed by atoms with E-state index in [-0.39, 0.29) is 37.2 Å². The molecule has 0 saturated heterocycles. The van der Waals surface area contributed by atoms with Gasteiger partial charge in [-0.25, -0.2) is 0 Å². The standard InChI is InChI=1S/3ClH.2H2O.O.Ti/h3*1H;2*1H2;;/q;;;;;;+2/p-2. The molecule has 0 aromatic rings. The van der Waals surface area contributed by atoms with Crippen LogP contribution in [0.15, 0.2) is 0 Å². The molecule has 7 heavy (non-hydrogen) atoms. The molecule has 0 atom stereocenters. The molecular formula is H5Cl3O3Ti. The SMILES string of the molecule is Cl.Cl.Cl.[O]=[Ti]([OH])[OH]. The third kappa shape index (κ3) is 121. The van der Waals surface area contributed by atoms with E-state index < -0.39 is 18.6 Å². The third-order valence-electron chi connectivity index (χ3n) is 0. The van der Waals surface area contributed by atoms with E-state index in [1.165, 1.54) is 0 Å². The van der Waals surface area contributed by atoms with Gasteiger partial charge in [0.25, 0.3) is 0 Å². The van der Waals surface area contributed by atoms with Crippen molar-refractivity contribution in [3.63, 3.8) is 0 Å². The molecular weight excluding hydrogens is 202 g/mol. The van der Waals surface area contributed by atoms with E-state index in [4.69, 9.17) is 10.7 Å². The van der Waals surface area contributed by atoms with Gasteiger partial charge in [-0.05, 0) is 0 Å². The second-order valence-corrected chi connectivity index (χ2v) is 1.17. The van der Waals surface area contributed by atoms with Gasteiger partial charge in [-0.2, -0.15) is 0 Å². The van der Waals surface area contributed by atoms with E-state index in [2.05, 4.69) is 0 Å². The summed E-state index contributed by atoms with van der Waals surface area (Å²) in [5.74, 6) is 0. The molecule has 0 aliphatic rings. The first-order valence-corrected chi connectivity index (χ1v) is 2.69. The van der Waals surface area contributed by atoms with Crippen LogP contribution in [0.25, 0.3) is 0 Å². The van der Waals surface area contributed by atoms with E-state index in [9.17, 15) is 0 Å². The fourth-order valence-electron chi connectivity index (χ4n) is 0. The summed E-state index contributed by atoms with van der Waals surface area (Å²) in [6.07, 6.45) is 0. The quantitative estimate of drug-likeness (QED) is 0.551. The monoisotopic (exact) mass is 206 g/mol. The minimum absolute atomic E-state index is 0. The summed E-state index contributed by atoms with van der Waals surface area (Å²) in [7, 11) is 0. The number of halogens is 3. The zero-order valence-corrected chi connectivity index (χ0v) is 7.04. The summed E-state index contributed by atoms with van der Waals surface area (Å²) in [5.41, 5.74) is 0. The first-order chi connectivity index (χ1) is 1.73. The molecule has 0 fully saturated rings. The Morgan fingerprint density at radius 2 is 1.00 bits per heavy atom. The van der Waals surface area contributed by atoms with E-state index >= 15 is 0 Å². The van der Waals surface area contributed by atoms with E-state index in [1.807, 2.05) is 0 Å². The van der Waals surface area contributed by atoms with Crippen LogP contribution >= 0.6 is 37.2 Å². The number of hydrogen-bond acceptors (Lipinski definition) is 1. The van der Waals surface area contributed by atoms with Gasteiger partial charge in [0.15, 0.2) is 0 Å². The first kappa shape index (κ1) is 23.9. The zero-order valence-electron chi connectivity index (χ0n) is 3.03. The van der Waals surface area contributed by atoms with Crippen LogP contribution in [0, 0.1) is 0 Å². The third-order valence-corrected chi connectivity index (χ3v) is 0. The predicted octanol–water partition coefficient (Wildman–Crippen LogP) is 0.0301. The Labute approximate surface area is 66.4 Å². The van der Waals surface area contributed by atoms with Crippen LogP contribution in [0.3, 0.4) is 0 Å². The van der Waals surface area contributed by atoms with Crippen LogP contribution in [0.5, 0.6) is 0 Å². The molecule has 2 N–H and O–H groups in total. The molecule has 0 rings (SSSR count). The van der Waals surface area contributed by atoms with Crippen molar-refractivity contribution in [1.29, 1.82) is 0 Å². The van der Waals surface area contributed by atoms with Crippen molar-refractivity contribution in [2.45, 2.75) is 0 Å². The Balaban J connectivity index is -0.0000000150. The topological polar surface area (TPSA) is 57.5 Å². The molecule has 0 aliphatic carbocycles. The van der Waals surface area contributed by atoms with Crippen LogP contribution < -0.4 is 0 Å². The van der Waals surface area contributed by atoms with Crippen molar-refractivity contribution in [3.05, 3.63) is 0 Å². The van der Waals surface area contributed by atoms with Crippen molar-refractivity contribution in [1.82, 2.24) is 0 Å². The summed E-state index contributed by atoms with van der Waals surface area (Å²) >= 11 is -3.58. The van der Waals surface area contributed by atoms with Gasteiger partial charge in [0, 0.05) is 0 Å². The molecule has 0 amide bonds. The second-order valence-electron chi connectivity index (χ2n) is 0.283. The van der Waals surface area contributed by atoms with Crippen molar-refractivity contribution in [2.75, 3.05) is 0 Å². The molecule has 3 nitrogen and oxygen atoms in total. The molecule has 0 aromatic heterocycles. The normalized spacial score (nSPS) is 3.71. The summed E-state index contributed by atoms with van der Waals surface area (Å²) in [4.78, 5) is 0. The van der Waals surface area contributed by atoms with E-state index in [0.717, 1.165) is 0 Å². The zero-order chi connectivity index (χ0) is 3.58. The van der Waals surface area contributed by atoms with Gasteiger partial charge in [-0.1, -0.05) is 0 Å². The molecule has 48 valence electrons. The van der Waals surface area contributed by atoms with Crippen LogP contribution in [0.2, 0.25) is 0 Å². The molecule has 0 radical (unpaired) electrons. The van der Waals surface area contributed by atoms with Gasteiger partial charge < -0.3 is 0 Å². The minimum atomic E-state index is -3.58. The van der Waals surface area contributed by atoms with Gasteiger partial charge in [0.1, 0.15) is 0 Å². The Bertz CT molecular complexity index is 33.2. The van der Waals surface area contributed by atoms with Gasteiger partial charge in [0.2, 0.25) is 0 Å². The second kappa shape index (κ2) is 15.7. The maximum atomic E-state index is 8.81. The number of hydrogen-bond donors (Lipinski definition) is 2. The van der Waals surface area contributed by atoms with Crippen LogP contribution in [-0.2, 0) is 21.9 Å². The van der Waals surface area contributed by atoms with Gasteiger partial charge >= 0.3 is 29.3 Å². The Morgan fingerprint density at radius 1 is 1.00 bits per heavy atom. The summed E-state index contributed by atoms with van der Waals surface area (Å²) in [5, 5.41) is 0. The molecule has 7 heteroatoms.